The average molecular weight is 281 g/mol. The molecule has 1 N–H and O–H groups in total. The van der Waals surface area contributed by atoms with Crippen LogP contribution in [0.3, 0.4) is 0 Å². The number of urea groups is 1. The van der Waals surface area contributed by atoms with Gasteiger partial charge in [0.05, 0.1) is 6.54 Å². The first kappa shape index (κ1) is 14.8. The summed E-state index contributed by atoms with van der Waals surface area (Å²) in [6, 6.07) is 0.448. The lowest BCUT2D eigenvalue weighted by Crippen LogP contribution is -2.46. The lowest BCUT2D eigenvalue weighted by Gasteiger charge is -2.29. The summed E-state index contributed by atoms with van der Waals surface area (Å²) in [6.45, 7) is 7.04. The van der Waals surface area contributed by atoms with Crippen molar-refractivity contribution in [2.75, 3.05) is 39.3 Å². The number of carbonyl (C=O) groups is 2. The Bertz CT molecular complexity index is 382. The van der Waals surface area contributed by atoms with E-state index < -0.39 is 5.97 Å². The highest BCUT2D eigenvalue weighted by Crippen LogP contribution is 2.27. The van der Waals surface area contributed by atoms with Crippen molar-refractivity contribution in [1.82, 2.24) is 14.7 Å². The Kier molecular flexibility index (Phi) is 5.00. The number of carbonyl (C=O) groups excluding carboxylic acids is 1. The molecule has 1 saturated carbocycles. The van der Waals surface area contributed by atoms with Gasteiger partial charge in [-0.05, 0) is 19.3 Å². The second-order valence-electron chi connectivity index (χ2n) is 5.47. The Morgan fingerprint density at radius 1 is 1.25 bits per heavy atom. The number of rotatable bonds is 5. The van der Waals surface area contributed by atoms with Crippen LogP contribution >= 0.6 is 0 Å². The van der Waals surface area contributed by atoms with Crippen LogP contribution in [0, 0.1) is 0 Å². The molecule has 112 valence electrons. The molecule has 0 aromatic carbocycles. The smallest absolute Gasteiger partial charge is 0.320 e. The van der Waals surface area contributed by atoms with Gasteiger partial charge in [-0.2, -0.15) is 0 Å². The van der Waals surface area contributed by atoms with Crippen molar-refractivity contribution in [3.63, 3.8) is 0 Å². The van der Waals surface area contributed by atoms with E-state index in [0.717, 1.165) is 25.8 Å². The van der Waals surface area contributed by atoms with Crippen LogP contribution in [0.15, 0.2) is 12.7 Å². The lowest BCUT2D eigenvalue weighted by molar-refractivity contribution is -0.138. The normalized spacial score (nSPS) is 20.3. The Morgan fingerprint density at radius 2 is 2.00 bits per heavy atom. The highest BCUT2D eigenvalue weighted by Gasteiger charge is 2.34. The summed E-state index contributed by atoms with van der Waals surface area (Å²) in [5.41, 5.74) is 0. The highest BCUT2D eigenvalue weighted by atomic mass is 16.4. The maximum Gasteiger partial charge on any atom is 0.320 e. The highest BCUT2D eigenvalue weighted by molar-refractivity contribution is 5.75. The molecule has 2 fully saturated rings. The van der Waals surface area contributed by atoms with Crippen LogP contribution in [0.4, 0.5) is 4.79 Å². The van der Waals surface area contributed by atoms with Gasteiger partial charge in [0.15, 0.2) is 0 Å². The zero-order valence-corrected chi connectivity index (χ0v) is 11.8. The van der Waals surface area contributed by atoms with Gasteiger partial charge in [-0.25, -0.2) is 4.79 Å². The van der Waals surface area contributed by atoms with E-state index >= 15 is 0 Å². The van der Waals surface area contributed by atoms with E-state index in [2.05, 4.69) is 6.58 Å². The summed E-state index contributed by atoms with van der Waals surface area (Å²) in [6.07, 6.45) is 4.76. The van der Waals surface area contributed by atoms with E-state index in [1.807, 2.05) is 14.7 Å². The van der Waals surface area contributed by atoms with E-state index in [0.29, 0.717) is 32.2 Å². The molecule has 2 rings (SSSR count). The summed E-state index contributed by atoms with van der Waals surface area (Å²) in [7, 11) is 0. The first-order chi connectivity index (χ1) is 9.61. The van der Waals surface area contributed by atoms with Crippen LogP contribution in [-0.4, -0.2) is 77.1 Å². The topological polar surface area (TPSA) is 64.1 Å². The van der Waals surface area contributed by atoms with E-state index in [4.69, 9.17) is 5.11 Å². The van der Waals surface area contributed by atoms with Crippen LogP contribution < -0.4 is 0 Å². The molecule has 0 spiro atoms. The fourth-order valence-corrected chi connectivity index (χ4v) is 2.60. The third-order valence-corrected chi connectivity index (χ3v) is 3.78. The molecule has 1 heterocycles. The SMILES string of the molecule is C=CCN(C(=O)N1CCCN(CC(=O)O)CC1)C1CC1. The number of aliphatic carboxylic acids is 1. The van der Waals surface area contributed by atoms with Crippen molar-refractivity contribution in [2.24, 2.45) is 0 Å². The van der Waals surface area contributed by atoms with Crippen LogP contribution in [0.2, 0.25) is 0 Å². The van der Waals surface area contributed by atoms with Crippen LogP contribution in [0.5, 0.6) is 0 Å². The third-order valence-electron chi connectivity index (χ3n) is 3.78. The first-order valence-corrected chi connectivity index (χ1v) is 7.22. The molecule has 20 heavy (non-hydrogen) atoms. The minimum atomic E-state index is -0.809. The molecule has 1 aliphatic carbocycles. The predicted octanol–water partition coefficient (Wildman–Crippen LogP) is 0.849. The van der Waals surface area contributed by atoms with Gasteiger partial charge < -0.3 is 14.9 Å². The van der Waals surface area contributed by atoms with Crippen LogP contribution in [0.1, 0.15) is 19.3 Å². The molecular formula is C14H23N3O3. The van der Waals surface area contributed by atoms with Crippen molar-refractivity contribution < 1.29 is 14.7 Å². The largest absolute Gasteiger partial charge is 0.480 e. The fourth-order valence-electron chi connectivity index (χ4n) is 2.60. The summed E-state index contributed by atoms with van der Waals surface area (Å²) >= 11 is 0. The van der Waals surface area contributed by atoms with Gasteiger partial charge >= 0.3 is 12.0 Å². The van der Waals surface area contributed by atoms with Crippen molar-refractivity contribution >= 4 is 12.0 Å². The number of hydrogen-bond donors (Lipinski definition) is 1. The Morgan fingerprint density at radius 3 is 2.60 bits per heavy atom. The van der Waals surface area contributed by atoms with Crippen molar-refractivity contribution in [2.45, 2.75) is 25.3 Å². The fraction of sp³-hybridized carbons (Fsp3) is 0.714. The van der Waals surface area contributed by atoms with Gasteiger partial charge in [-0.15, -0.1) is 6.58 Å². The summed E-state index contributed by atoms with van der Waals surface area (Å²) < 4.78 is 0. The Balaban J connectivity index is 1.89. The first-order valence-electron chi connectivity index (χ1n) is 7.22. The van der Waals surface area contributed by atoms with E-state index in [-0.39, 0.29) is 12.6 Å². The number of carboxylic acids is 1. The zero-order valence-electron chi connectivity index (χ0n) is 11.8. The number of hydrogen-bond acceptors (Lipinski definition) is 3. The maximum atomic E-state index is 12.5. The lowest BCUT2D eigenvalue weighted by atomic mass is 10.4. The third kappa shape index (κ3) is 3.96. The van der Waals surface area contributed by atoms with Crippen molar-refractivity contribution in [1.29, 1.82) is 0 Å². The molecule has 6 heteroatoms. The van der Waals surface area contributed by atoms with Crippen molar-refractivity contribution in [3.05, 3.63) is 12.7 Å². The van der Waals surface area contributed by atoms with E-state index in [9.17, 15) is 9.59 Å². The summed E-state index contributed by atoms with van der Waals surface area (Å²) in [5, 5.41) is 8.83. The molecule has 0 unspecified atom stereocenters. The Hall–Kier alpha value is -1.56. The minimum absolute atomic E-state index is 0.0566. The second-order valence-corrected chi connectivity index (χ2v) is 5.47. The number of nitrogens with zero attached hydrogens (tertiary/aromatic N) is 3. The standard InChI is InChI=1S/C14H23N3O3/c1-2-6-17(12-4-5-12)14(20)16-8-3-7-15(9-10-16)11-13(18)19/h2,12H,1,3-11H2,(H,18,19). The maximum absolute atomic E-state index is 12.5. The van der Waals surface area contributed by atoms with Gasteiger partial charge in [0, 0.05) is 38.8 Å². The summed E-state index contributed by atoms with van der Waals surface area (Å²) in [5.74, 6) is -0.809. The van der Waals surface area contributed by atoms with Gasteiger partial charge in [-0.3, -0.25) is 9.69 Å². The molecule has 2 aliphatic rings. The van der Waals surface area contributed by atoms with Gasteiger partial charge in [-0.1, -0.05) is 6.08 Å². The van der Waals surface area contributed by atoms with Crippen molar-refractivity contribution in [3.8, 4) is 0 Å². The zero-order chi connectivity index (χ0) is 14.5. The molecule has 0 aromatic heterocycles. The number of carboxylic acid groups (broad SMARTS) is 1. The van der Waals surface area contributed by atoms with Crippen LogP contribution in [-0.2, 0) is 4.79 Å². The molecule has 0 aromatic rings. The molecule has 1 saturated heterocycles. The average Bonchev–Trinajstić information content (AvgIpc) is 3.21. The monoisotopic (exact) mass is 281 g/mol. The van der Waals surface area contributed by atoms with E-state index in [1.54, 1.807) is 6.08 Å². The van der Waals surface area contributed by atoms with Crippen LogP contribution in [0.25, 0.3) is 0 Å². The van der Waals surface area contributed by atoms with Gasteiger partial charge in [0.25, 0.3) is 0 Å². The van der Waals surface area contributed by atoms with Gasteiger partial charge in [0.1, 0.15) is 0 Å². The molecule has 2 amide bonds. The second kappa shape index (κ2) is 6.74. The quantitative estimate of drug-likeness (QED) is 0.759. The Labute approximate surface area is 119 Å². The summed E-state index contributed by atoms with van der Waals surface area (Å²) in [4.78, 5) is 28.9. The van der Waals surface area contributed by atoms with Gasteiger partial charge in [0.2, 0.25) is 0 Å². The predicted molar refractivity (Wildman–Crippen MR) is 75.6 cm³/mol. The minimum Gasteiger partial charge on any atom is -0.480 e. The molecular weight excluding hydrogens is 258 g/mol. The van der Waals surface area contributed by atoms with E-state index in [1.165, 1.54) is 0 Å². The molecule has 0 radical (unpaired) electrons. The molecule has 6 nitrogen and oxygen atoms in total. The molecule has 0 atom stereocenters. The number of amides is 2. The molecule has 0 bridgehead atoms. The molecule has 1 aliphatic heterocycles.